The molecule has 0 saturated carbocycles. The summed E-state index contributed by atoms with van der Waals surface area (Å²) in [4.78, 5) is 146. The number of carboxylic acid groups (broad SMARTS) is 4. The molecular weight excluding hydrogens is 1660 g/mol. The van der Waals surface area contributed by atoms with Crippen LogP contribution in [0.25, 0.3) is 34.2 Å². The van der Waals surface area contributed by atoms with Crippen LogP contribution >= 0.6 is 0 Å². The summed E-state index contributed by atoms with van der Waals surface area (Å²) in [5, 5.41) is 90.9. The largest absolute Gasteiger partial charge is 0.507 e. The molecule has 10 N–H and O–H groups in total. The third-order valence-electron chi connectivity index (χ3n) is 20.7. The van der Waals surface area contributed by atoms with Crippen LogP contribution in [-0.4, -0.2) is 329 Å². The van der Waals surface area contributed by atoms with Crippen LogP contribution < -0.4 is 30.7 Å². The summed E-state index contributed by atoms with van der Waals surface area (Å²) in [5.41, 5.74) is 5.38. The number of carbonyl (C=O) groups excluding carboxylic acids is 6. The van der Waals surface area contributed by atoms with Crippen molar-refractivity contribution >= 4 is 59.3 Å². The summed E-state index contributed by atoms with van der Waals surface area (Å²) in [6, 6.07) is 19.0. The predicted molar refractivity (Wildman–Crippen MR) is 421 cm³/mol. The van der Waals surface area contributed by atoms with Gasteiger partial charge in [-0.25, -0.2) is 0 Å². The maximum atomic E-state index is 14.4. The Kier molecular flexibility index (Phi) is 34.6. The Balaban J connectivity index is 0.0000168. The second-order valence-corrected chi connectivity index (χ2v) is 29.4. The van der Waals surface area contributed by atoms with Crippen molar-refractivity contribution in [2.24, 2.45) is 0 Å². The number of methoxy groups -OCH3 is 2. The summed E-state index contributed by atoms with van der Waals surface area (Å²) in [5.74, 6) is -6.23. The van der Waals surface area contributed by atoms with E-state index in [-0.39, 0.29) is 186 Å². The first-order valence-corrected chi connectivity index (χ1v) is 38.9. The molecule has 36 nitrogen and oxygen atoms in total. The topological polar surface area (TPSA) is 446 Å². The van der Waals surface area contributed by atoms with E-state index >= 15 is 0 Å². The van der Waals surface area contributed by atoms with Gasteiger partial charge in [0.25, 0.3) is 11.8 Å². The molecule has 5 heterocycles. The Morgan fingerprint density at radius 2 is 0.845 bits per heavy atom. The van der Waals surface area contributed by atoms with Crippen molar-refractivity contribution in [3.05, 3.63) is 107 Å². The number of phenols is 2. The molecule has 3 aliphatic heterocycles. The first-order valence-electron chi connectivity index (χ1n) is 38.9. The number of carboxylic acids is 4. The summed E-state index contributed by atoms with van der Waals surface area (Å²) in [7, 11) is 3.05. The number of phenolic OH excluding ortho intramolecular Hbond substituents is 2. The van der Waals surface area contributed by atoms with Gasteiger partial charge in [0.15, 0.2) is 11.6 Å². The molecule has 1 radical (unpaired) electrons. The monoisotopic (exact) mass is 1770 g/mol. The number of rotatable bonds is 35. The van der Waals surface area contributed by atoms with Gasteiger partial charge in [0.2, 0.25) is 35.3 Å². The number of amides is 6. The van der Waals surface area contributed by atoms with Crippen molar-refractivity contribution in [1.82, 2.24) is 90.0 Å². The van der Waals surface area contributed by atoms with E-state index in [9.17, 15) is 78.6 Å². The van der Waals surface area contributed by atoms with Crippen molar-refractivity contribution < 1.29 is 125 Å². The molecule has 3 saturated heterocycles. The third kappa shape index (κ3) is 25.0. The average molecular weight is 1770 g/mol. The number of carbonyl (C=O) groups is 10. The smallest absolute Gasteiger partial charge is 0.320 e. The van der Waals surface area contributed by atoms with Gasteiger partial charge in [-0.05, 0) is 97.2 Å². The number of hydrogen-bond acceptors (Lipinski definition) is 24. The molecule has 4 aromatic carbocycles. The van der Waals surface area contributed by atoms with Gasteiger partial charge in [0.05, 0.1) is 45.0 Å². The Morgan fingerprint density at radius 1 is 0.466 bits per heavy atom. The van der Waals surface area contributed by atoms with Gasteiger partial charge in [0, 0.05) is 217 Å². The van der Waals surface area contributed by atoms with E-state index in [2.05, 4.69) is 51.5 Å². The molecule has 2 atom stereocenters. The zero-order valence-electron chi connectivity index (χ0n) is 66.8. The van der Waals surface area contributed by atoms with Crippen molar-refractivity contribution in [1.29, 1.82) is 0 Å². The minimum atomic E-state index is -1.36. The van der Waals surface area contributed by atoms with Crippen molar-refractivity contribution in [3.8, 4) is 57.1 Å². The van der Waals surface area contributed by atoms with E-state index in [1.807, 2.05) is 76.2 Å². The molecule has 3 aliphatic rings. The number of aromatic nitrogens is 6. The fraction of sp³-hybridized carbons (Fsp3) is 0.519. The zero-order chi connectivity index (χ0) is 83.2. The normalized spacial score (nSPS) is 15.8. The van der Waals surface area contributed by atoms with E-state index in [1.54, 1.807) is 59.6 Å². The molecule has 0 unspecified atom stereocenters. The summed E-state index contributed by atoms with van der Waals surface area (Å²) in [6.07, 6.45) is -1.18. The molecule has 116 heavy (non-hydrogen) atoms. The molecule has 37 heteroatoms. The Hall–Kier alpha value is -9.95. The fourth-order valence-corrected chi connectivity index (χ4v) is 14.5. The molecule has 9 rings (SSSR count). The van der Waals surface area contributed by atoms with Gasteiger partial charge in [-0.1, -0.05) is 52.0 Å². The van der Waals surface area contributed by atoms with Gasteiger partial charge in [0.1, 0.15) is 35.1 Å². The maximum Gasteiger partial charge on any atom is 0.320 e. The molecule has 6 amide bonds. The van der Waals surface area contributed by atoms with Gasteiger partial charge in [-0.2, -0.15) is 0 Å². The van der Waals surface area contributed by atoms with Gasteiger partial charge in [-0.15, -0.1) is 20.4 Å². The number of aliphatic carboxylic acids is 4. The van der Waals surface area contributed by atoms with Crippen LogP contribution in [0.4, 0.5) is 0 Å². The number of nitrogens with one attached hydrogen (secondary N) is 4. The summed E-state index contributed by atoms with van der Waals surface area (Å²) >= 11 is 0. The number of aromatic hydroxyl groups is 2. The number of nitrogens with zero attached hydrogens (tertiary/aromatic N) is 14. The minimum Gasteiger partial charge on any atom is -0.507 e. The second-order valence-electron chi connectivity index (χ2n) is 29.4. The van der Waals surface area contributed by atoms with Gasteiger partial charge >= 0.3 is 23.9 Å². The van der Waals surface area contributed by atoms with Gasteiger partial charge < -0.3 is 71.2 Å². The molecule has 3 fully saturated rings. The number of piperazine rings is 2. The van der Waals surface area contributed by atoms with Crippen molar-refractivity contribution in [2.45, 2.75) is 111 Å². The van der Waals surface area contributed by atoms with Crippen LogP contribution in [0.15, 0.2) is 72.8 Å². The Bertz CT molecular complexity index is 4360. The molecular formula is C79H108LuN18O18. The number of ether oxygens (including phenoxy) is 2. The SMILES string of the molecule is CCNC(=O)c1nnc(-c2cc(C(C)C)c(OC)cc2O)n1-c1ccc(CN2CCN(C(=O)CCNC(=O)[C@@H](CCC(=O)N3CCN(Cc4ccc(-n5c(C(=O)NCC)nnc5-c5cc(C(C)C)c(OC)cc5O)cc4)CC3)NC(=O)CC[C@H](C(=O)O)N3CCN(CC(=O)O)CCN(CC(=O)O)CCN(CC(=O)O)CC3)CC2)cc1.[Lu]. The van der Waals surface area contributed by atoms with E-state index in [0.29, 0.717) is 113 Å². The average Bonchev–Trinajstić information content (AvgIpc) is 1.61. The van der Waals surface area contributed by atoms with Crippen LogP contribution in [0, 0.1) is 36.9 Å². The van der Waals surface area contributed by atoms with E-state index in [4.69, 9.17) is 9.47 Å². The van der Waals surface area contributed by atoms with Crippen molar-refractivity contribution in [2.75, 3.05) is 158 Å². The molecule has 2 aromatic heterocycles. The zero-order valence-corrected chi connectivity index (χ0v) is 68.5. The van der Waals surface area contributed by atoms with E-state index in [1.165, 1.54) is 31.3 Å². The second kappa shape index (κ2) is 43.9. The van der Waals surface area contributed by atoms with Gasteiger partial charge in [-0.3, -0.25) is 86.5 Å². The van der Waals surface area contributed by atoms with E-state index < -0.39 is 79.1 Å². The fourth-order valence-electron chi connectivity index (χ4n) is 14.5. The molecule has 0 bridgehead atoms. The van der Waals surface area contributed by atoms with Crippen LogP contribution in [0.5, 0.6) is 23.0 Å². The van der Waals surface area contributed by atoms with E-state index in [0.717, 1.165) is 22.3 Å². The molecule has 6 aromatic rings. The molecule has 637 valence electrons. The Morgan fingerprint density at radius 3 is 1.21 bits per heavy atom. The maximum absolute atomic E-state index is 14.4. The quantitative estimate of drug-likeness (QED) is 0.0273. The predicted octanol–water partition coefficient (Wildman–Crippen LogP) is 2.83. The first-order chi connectivity index (χ1) is 55.1. The van der Waals surface area contributed by atoms with Crippen LogP contribution in [0.3, 0.4) is 0 Å². The Labute approximate surface area is 702 Å². The van der Waals surface area contributed by atoms with Crippen LogP contribution in [0.1, 0.15) is 129 Å². The van der Waals surface area contributed by atoms with Crippen molar-refractivity contribution in [3.63, 3.8) is 0 Å². The summed E-state index contributed by atoms with van der Waals surface area (Å²) in [6.45, 7) is 15.7. The number of hydrogen-bond donors (Lipinski definition) is 10. The molecule has 0 aliphatic carbocycles. The van der Waals surface area contributed by atoms with Crippen LogP contribution in [-0.2, 0) is 51.4 Å². The molecule has 0 spiro atoms. The standard InChI is InChI=1S/C79H108N18O18.Lu/c1-9-80-77(110)74-86-84-72(58-41-56(50(3)4)64(114-7)43-62(58)98)96(74)54-15-11-52(12-16-54)45-88-31-37-94(38-32-88)67(101)22-19-60(83-66(100)21-20-61(79(112)113)93-35-29-91(48-70(105)106)27-25-90(47-69(103)104)26-28-92(30-36-93)49-71(107)108)76(109)82-24-23-68(102)95-39-33-89(34-40-95)46-53-13-17-55(18-14-53)97-73(85-87-75(97)78(111)81-10-2)59-42-57(51(5)6)65(115-8)44-63(59)99;/h11-18,41-44,50-51,60-61,98-99H,9-10,19-40,45-49H2,1-8H3,(H,80,110)(H,81,111)(H,82,109)(H,83,100)(H,103,104)(H,105,106)(H,107,108)(H,112,113);/t60-,61-;/m1./s1. The summed E-state index contributed by atoms with van der Waals surface area (Å²) < 4.78 is 14.3. The third-order valence-corrected chi connectivity index (χ3v) is 20.7. The van der Waals surface area contributed by atoms with Crippen LogP contribution in [0.2, 0.25) is 0 Å². The minimum absolute atomic E-state index is 0. The number of benzene rings is 4. The first kappa shape index (κ1) is 91.6.